The number of allylic oxidation sites excluding steroid dienone is 2. The van der Waals surface area contributed by atoms with Crippen molar-refractivity contribution in [1.82, 2.24) is 5.32 Å². The van der Waals surface area contributed by atoms with E-state index in [0.717, 1.165) is 6.42 Å². The van der Waals surface area contributed by atoms with Crippen molar-refractivity contribution in [1.29, 1.82) is 0 Å². The molecule has 7 heteroatoms. The molecule has 1 aliphatic heterocycles. The zero-order valence-electron chi connectivity index (χ0n) is 18.6. The van der Waals surface area contributed by atoms with E-state index in [4.69, 9.17) is 15.7 Å². The first kappa shape index (κ1) is 22.2. The molecule has 0 aromatic rings. The van der Waals surface area contributed by atoms with Crippen molar-refractivity contribution in [3.63, 3.8) is 0 Å². The average molecular weight is 425 g/mol. The lowest BCUT2D eigenvalue weighted by molar-refractivity contribution is -0.199. The zero-order chi connectivity index (χ0) is 22.4. The molecule has 6 atom stereocenters. The molecule has 1 amide bonds. The van der Waals surface area contributed by atoms with Crippen molar-refractivity contribution in [2.45, 2.75) is 76.4 Å². The van der Waals surface area contributed by atoms with Crippen LogP contribution in [0.25, 0.3) is 0 Å². The molecule has 6 nitrogen and oxygen atoms in total. The highest BCUT2D eigenvalue weighted by Gasteiger charge is 2.67. The number of rotatable bonds is 7. The van der Waals surface area contributed by atoms with Crippen LogP contribution in [0.15, 0.2) is 24.3 Å². The third-order valence-electron chi connectivity index (χ3n) is 8.29. The largest absolute Gasteiger partial charge is 0.481 e. The Morgan fingerprint density at radius 2 is 2.06 bits per heavy atom. The van der Waals surface area contributed by atoms with Crippen LogP contribution in [-0.4, -0.2) is 41.3 Å². The zero-order valence-corrected chi connectivity index (χ0v) is 18.6. The van der Waals surface area contributed by atoms with Crippen LogP contribution in [0.1, 0.15) is 52.9 Å². The molecule has 0 aromatic carbocycles. The minimum Gasteiger partial charge on any atom is -0.481 e. The Balaban J connectivity index is 1.48. The van der Waals surface area contributed by atoms with Crippen LogP contribution in [0.4, 0.5) is 0 Å². The summed E-state index contributed by atoms with van der Waals surface area (Å²) in [6.45, 7) is 6.81. The number of carbonyl (C=O) groups is 2. The van der Waals surface area contributed by atoms with Crippen molar-refractivity contribution in [2.75, 3.05) is 0 Å². The molecule has 1 saturated heterocycles. The van der Waals surface area contributed by atoms with Crippen molar-refractivity contribution in [3.8, 4) is 12.3 Å². The summed E-state index contributed by atoms with van der Waals surface area (Å²) in [7, 11) is -0.404. The molecule has 5 aliphatic rings. The maximum atomic E-state index is 12.5. The number of terminal acetylenes is 1. The summed E-state index contributed by atoms with van der Waals surface area (Å²) in [6.07, 6.45) is 15.8. The van der Waals surface area contributed by atoms with Gasteiger partial charge >= 0.3 is 13.1 Å². The highest BCUT2D eigenvalue weighted by Crippen LogP contribution is 2.65. The molecule has 2 bridgehead atoms. The first-order valence-corrected chi connectivity index (χ1v) is 11.3. The van der Waals surface area contributed by atoms with Gasteiger partial charge in [0.1, 0.15) is 5.92 Å². The lowest BCUT2D eigenvalue weighted by Gasteiger charge is -2.64. The monoisotopic (exact) mass is 425 g/mol. The van der Waals surface area contributed by atoms with Gasteiger partial charge in [0, 0.05) is 12.8 Å². The third kappa shape index (κ3) is 3.64. The highest BCUT2D eigenvalue weighted by atomic mass is 16.7. The Kier molecular flexibility index (Phi) is 5.60. The van der Waals surface area contributed by atoms with E-state index in [1.54, 1.807) is 24.3 Å². The van der Waals surface area contributed by atoms with E-state index >= 15 is 0 Å². The normalized spacial score (nSPS) is 39.4. The second kappa shape index (κ2) is 7.83. The molecule has 0 aromatic heterocycles. The second-order valence-electron chi connectivity index (χ2n) is 10.3. The second-order valence-corrected chi connectivity index (χ2v) is 10.3. The van der Waals surface area contributed by atoms with E-state index in [1.807, 2.05) is 0 Å². The number of carboxylic acid groups (broad SMARTS) is 1. The maximum absolute atomic E-state index is 12.5. The van der Waals surface area contributed by atoms with Crippen molar-refractivity contribution in [3.05, 3.63) is 24.3 Å². The molecule has 4 fully saturated rings. The van der Waals surface area contributed by atoms with Crippen LogP contribution in [0.3, 0.4) is 0 Å². The quantitative estimate of drug-likeness (QED) is 0.484. The summed E-state index contributed by atoms with van der Waals surface area (Å²) in [4.78, 5) is 24.5. The smallest absolute Gasteiger partial charge is 0.457 e. The molecule has 5 rings (SSSR count). The van der Waals surface area contributed by atoms with Gasteiger partial charge in [0.05, 0.1) is 17.2 Å². The van der Waals surface area contributed by atoms with E-state index in [0.29, 0.717) is 31.0 Å². The fourth-order valence-electron chi connectivity index (χ4n) is 6.34. The van der Waals surface area contributed by atoms with Crippen LogP contribution in [-0.2, 0) is 18.9 Å². The van der Waals surface area contributed by atoms with E-state index in [2.05, 4.69) is 32.0 Å². The molecule has 166 valence electrons. The molecule has 31 heavy (non-hydrogen) atoms. The third-order valence-corrected chi connectivity index (χ3v) is 8.29. The van der Waals surface area contributed by atoms with E-state index in [9.17, 15) is 14.7 Å². The fraction of sp³-hybridized carbons (Fsp3) is 0.667. The first-order chi connectivity index (χ1) is 14.6. The molecule has 3 saturated carbocycles. The number of carbonyl (C=O) groups excluding carboxylic acids is 1. The van der Waals surface area contributed by atoms with Gasteiger partial charge < -0.3 is 19.7 Å². The van der Waals surface area contributed by atoms with Crippen LogP contribution < -0.4 is 5.32 Å². The van der Waals surface area contributed by atoms with Gasteiger partial charge in [0.25, 0.3) is 0 Å². The van der Waals surface area contributed by atoms with Crippen molar-refractivity contribution < 1.29 is 24.0 Å². The summed E-state index contributed by atoms with van der Waals surface area (Å²) in [5.74, 6) is 1.50. The molecule has 0 spiro atoms. The number of nitrogens with one attached hydrogen (secondary N) is 1. The molecule has 0 radical (unpaired) electrons. The Labute approximate surface area is 185 Å². The standard InChI is InChI=1S/C24H32BNO5/c1-5-6-10-20(27)26-24(11-8-7-9-17(24)21(28)29)12-13-25-30-19-15-16-14-18(22(16,2)3)23(19,4)31-25/h1,7-9,11,16-19H,6,10,12-15H2,2-4H3,(H,26,27)(H,28,29). The van der Waals surface area contributed by atoms with Gasteiger partial charge in [-0.3, -0.25) is 9.59 Å². The molecule has 4 aliphatic carbocycles. The first-order valence-electron chi connectivity index (χ1n) is 11.3. The number of hydrogen-bond acceptors (Lipinski definition) is 4. The van der Waals surface area contributed by atoms with E-state index < -0.39 is 24.5 Å². The Hall–Kier alpha value is -2.04. The minimum atomic E-state index is -1.03. The predicted octanol–water partition coefficient (Wildman–Crippen LogP) is 3.20. The topological polar surface area (TPSA) is 84.9 Å². The maximum Gasteiger partial charge on any atom is 0.457 e. The van der Waals surface area contributed by atoms with E-state index in [-0.39, 0.29) is 29.4 Å². The summed E-state index contributed by atoms with van der Waals surface area (Å²) in [5, 5.41) is 12.8. The molecule has 6 unspecified atom stereocenters. The van der Waals surface area contributed by atoms with Gasteiger partial charge in [-0.2, -0.15) is 0 Å². The van der Waals surface area contributed by atoms with Gasteiger partial charge in [-0.25, -0.2) is 0 Å². The fourth-order valence-corrected chi connectivity index (χ4v) is 6.34. The molecule has 2 N–H and O–H groups in total. The Bertz CT molecular complexity index is 861. The minimum absolute atomic E-state index is 0.0764. The van der Waals surface area contributed by atoms with Gasteiger partial charge in [0.2, 0.25) is 5.91 Å². The molecular weight excluding hydrogens is 393 g/mol. The number of hydrogen-bond donors (Lipinski definition) is 2. The Morgan fingerprint density at radius 1 is 1.29 bits per heavy atom. The molecule has 1 heterocycles. The Morgan fingerprint density at radius 3 is 2.74 bits per heavy atom. The van der Waals surface area contributed by atoms with Crippen LogP contribution in [0.5, 0.6) is 0 Å². The van der Waals surface area contributed by atoms with Gasteiger partial charge in [-0.15, -0.1) is 12.3 Å². The number of carboxylic acids is 1. The summed E-state index contributed by atoms with van der Waals surface area (Å²) in [5.41, 5.74) is -1.07. The van der Waals surface area contributed by atoms with Crippen LogP contribution >= 0.6 is 0 Å². The lowest BCUT2D eigenvalue weighted by atomic mass is 9.43. The summed E-state index contributed by atoms with van der Waals surface area (Å²) >= 11 is 0. The van der Waals surface area contributed by atoms with Crippen LogP contribution in [0.2, 0.25) is 6.32 Å². The average Bonchev–Trinajstić information content (AvgIpc) is 3.07. The highest BCUT2D eigenvalue weighted by molar-refractivity contribution is 6.45. The number of aliphatic carboxylic acids is 1. The van der Waals surface area contributed by atoms with Gasteiger partial charge in [0.15, 0.2) is 0 Å². The van der Waals surface area contributed by atoms with Crippen molar-refractivity contribution in [2.24, 2.45) is 23.2 Å². The SMILES string of the molecule is C#CCCC(=O)NC1(CCB2OC3CC4CC(C4(C)C)C3(C)O2)C=CC=CC1C(=O)O. The van der Waals surface area contributed by atoms with Crippen molar-refractivity contribution >= 4 is 19.0 Å². The van der Waals surface area contributed by atoms with Crippen LogP contribution in [0, 0.1) is 35.5 Å². The predicted molar refractivity (Wildman–Crippen MR) is 118 cm³/mol. The van der Waals surface area contributed by atoms with Gasteiger partial charge in [-0.1, -0.05) is 38.2 Å². The summed E-state index contributed by atoms with van der Waals surface area (Å²) in [6, 6.07) is 0. The summed E-state index contributed by atoms with van der Waals surface area (Å²) < 4.78 is 12.8. The number of amides is 1. The van der Waals surface area contributed by atoms with E-state index in [1.165, 1.54) is 6.42 Å². The molecular formula is C24H32BNO5. The lowest BCUT2D eigenvalue weighted by Crippen LogP contribution is -2.65. The van der Waals surface area contributed by atoms with Gasteiger partial charge in [-0.05, 0) is 49.8 Å².